The molecule has 0 fully saturated rings. The van der Waals surface area contributed by atoms with E-state index in [9.17, 15) is 10.2 Å². The molecule has 3 heteroatoms. The molecule has 108 valence electrons. The van der Waals surface area contributed by atoms with Crippen LogP contribution in [-0.4, -0.2) is 22.9 Å². The fraction of sp³-hybridized carbons (Fsp3) is 0.625. The Morgan fingerprint density at radius 1 is 1.16 bits per heavy atom. The molecule has 0 amide bonds. The molecule has 0 aliphatic carbocycles. The molecule has 2 atom stereocenters. The maximum absolute atomic E-state index is 10.0. The van der Waals surface area contributed by atoms with Crippen LogP contribution in [0.15, 0.2) is 24.3 Å². The number of rotatable bonds is 6. The van der Waals surface area contributed by atoms with Crippen LogP contribution in [0.3, 0.4) is 0 Å². The van der Waals surface area contributed by atoms with Crippen LogP contribution >= 0.6 is 0 Å². The van der Waals surface area contributed by atoms with Crippen LogP contribution in [0.4, 0.5) is 0 Å². The van der Waals surface area contributed by atoms with E-state index < -0.39 is 0 Å². The molecular weight excluding hydrogens is 238 g/mol. The third-order valence-corrected chi connectivity index (χ3v) is 3.15. The van der Waals surface area contributed by atoms with Crippen molar-refractivity contribution in [2.45, 2.75) is 52.7 Å². The Balaban J connectivity index is 2.51. The van der Waals surface area contributed by atoms with Gasteiger partial charge in [0.25, 0.3) is 0 Å². The second kappa shape index (κ2) is 6.92. The SMILES string of the molecule is CCC(NCC(O)CC(C)(C)C)c1ccc(O)cc1. The monoisotopic (exact) mass is 265 g/mol. The second-order valence-electron chi connectivity index (χ2n) is 6.38. The second-order valence-corrected chi connectivity index (χ2v) is 6.38. The first-order chi connectivity index (χ1) is 8.81. The van der Waals surface area contributed by atoms with Gasteiger partial charge in [-0.15, -0.1) is 0 Å². The minimum Gasteiger partial charge on any atom is -0.508 e. The first-order valence-electron chi connectivity index (χ1n) is 7.02. The Kier molecular flexibility index (Phi) is 5.83. The van der Waals surface area contributed by atoms with Gasteiger partial charge in [-0.25, -0.2) is 0 Å². The van der Waals surface area contributed by atoms with Crippen molar-refractivity contribution in [1.82, 2.24) is 5.32 Å². The van der Waals surface area contributed by atoms with Crippen LogP contribution in [0, 0.1) is 5.41 Å². The van der Waals surface area contributed by atoms with Gasteiger partial charge in [0.1, 0.15) is 5.75 Å². The van der Waals surface area contributed by atoms with E-state index in [2.05, 4.69) is 33.0 Å². The number of aromatic hydroxyl groups is 1. The predicted molar refractivity (Wildman–Crippen MR) is 79.2 cm³/mol. The van der Waals surface area contributed by atoms with Gasteiger partial charge in [0.2, 0.25) is 0 Å². The lowest BCUT2D eigenvalue weighted by Crippen LogP contribution is -2.32. The van der Waals surface area contributed by atoms with Gasteiger partial charge in [0.15, 0.2) is 0 Å². The van der Waals surface area contributed by atoms with Gasteiger partial charge in [-0.05, 0) is 36.0 Å². The highest BCUT2D eigenvalue weighted by molar-refractivity contribution is 5.27. The third-order valence-electron chi connectivity index (χ3n) is 3.15. The van der Waals surface area contributed by atoms with Crippen molar-refractivity contribution in [3.8, 4) is 5.75 Å². The molecule has 0 spiro atoms. The van der Waals surface area contributed by atoms with E-state index in [0.29, 0.717) is 6.54 Å². The molecule has 2 unspecified atom stereocenters. The molecule has 0 radical (unpaired) electrons. The van der Waals surface area contributed by atoms with Crippen LogP contribution in [-0.2, 0) is 0 Å². The number of benzene rings is 1. The van der Waals surface area contributed by atoms with Gasteiger partial charge in [0, 0.05) is 12.6 Å². The number of aliphatic hydroxyl groups is 1. The minimum atomic E-state index is -0.328. The van der Waals surface area contributed by atoms with Crippen molar-refractivity contribution in [3.63, 3.8) is 0 Å². The van der Waals surface area contributed by atoms with Crippen molar-refractivity contribution < 1.29 is 10.2 Å². The maximum atomic E-state index is 10.0. The van der Waals surface area contributed by atoms with Crippen LogP contribution in [0.5, 0.6) is 5.75 Å². The number of nitrogens with one attached hydrogen (secondary N) is 1. The zero-order valence-corrected chi connectivity index (χ0v) is 12.5. The summed E-state index contributed by atoms with van der Waals surface area (Å²) in [5, 5.41) is 22.7. The van der Waals surface area contributed by atoms with E-state index in [1.807, 2.05) is 12.1 Å². The molecule has 1 aromatic rings. The normalized spacial score (nSPS) is 15.2. The van der Waals surface area contributed by atoms with Gasteiger partial charge in [0.05, 0.1) is 6.10 Å². The van der Waals surface area contributed by atoms with Crippen molar-refractivity contribution >= 4 is 0 Å². The number of phenolic OH excluding ortho intramolecular Hbond substituents is 1. The Bertz CT molecular complexity index is 367. The quantitative estimate of drug-likeness (QED) is 0.740. The lowest BCUT2D eigenvalue weighted by atomic mass is 9.89. The fourth-order valence-electron chi connectivity index (χ4n) is 2.26. The largest absolute Gasteiger partial charge is 0.508 e. The smallest absolute Gasteiger partial charge is 0.115 e. The maximum Gasteiger partial charge on any atom is 0.115 e. The summed E-state index contributed by atoms with van der Waals surface area (Å²) in [7, 11) is 0. The lowest BCUT2D eigenvalue weighted by Gasteiger charge is -2.25. The molecule has 0 heterocycles. The van der Waals surface area contributed by atoms with E-state index in [-0.39, 0.29) is 23.3 Å². The summed E-state index contributed by atoms with van der Waals surface area (Å²) < 4.78 is 0. The Labute approximate surface area is 116 Å². The molecule has 1 aromatic carbocycles. The number of phenols is 1. The average molecular weight is 265 g/mol. The van der Waals surface area contributed by atoms with Crippen molar-refractivity contribution in [2.75, 3.05) is 6.54 Å². The van der Waals surface area contributed by atoms with E-state index in [0.717, 1.165) is 18.4 Å². The number of hydrogen-bond acceptors (Lipinski definition) is 3. The summed E-state index contributed by atoms with van der Waals surface area (Å²) in [5.41, 5.74) is 1.28. The fourth-order valence-corrected chi connectivity index (χ4v) is 2.26. The van der Waals surface area contributed by atoms with Crippen molar-refractivity contribution in [2.24, 2.45) is 5.41 Å². The zero-order chi connectivity index (χ0) is 14.5. The topological polar surface area (TPSA) is 52.5 Å². The molecule has 0 aliphatic heterocycles. The highest BCUT2D eigenvalue weighted by Crippen LogP contribution is 2.22. The summed E-state index contributed by atoms with van der Waals surface area (Å²) >= 11 is 0. The number of aliphatic hydroxyl groups excluding tert-OH is 1. The number of hydrogen-bond donors (Lipinski definition) is 3. The van der Waals surface area contributed by atoms with Gasteiger partial charge < -0.3 is 15.5 Å². The van der Waals surface area contributed by atoms with Crippen molar-refractivity contribution in [3.05, 3.63) is 29.8 Å². The molecule has 0 aromatic heterocycles. The first-order valence-corrected chi connectivity index (χ1v) is 7.02. The summed E-state index contributed by atoms with van der Waals surface area (Å²) in [6, 6.07) is 7.46. The van der Waals surface area contributed by atoms with Crippen LogP contribution in [0.2, 0.25) is 0 Å². The molecule has 3 nitrogen and oxygen atoms in total. The summed E-state index contributed by atoms with van der Waals surface area (Å²) in [5.74, 6) is 0.284. The molecule has 0 saturated heterocycles. The molecule has 1 rings (SSSR count). The van der Waals surface area contributed by atoms with E-state index >= 15 is 0 Å². The van der Waals surface area contributed by atoms with Crippen LogP contribution < -0.4 is 5.32 Å². The predicted octanol–water partition coefficient (Wildman–Crippen LogP) is 3.23. The van der Waals surface area contributed by atoms with Gasteiger partial charge in [-0.1, -0.05) is 39.8 Å². The summed E-state index contributed by atoms with van der Waals surface area (Å²) in [6.07, 6.45) is 1.41. The highest BCUT2D eigenvalue weighted by atomic mass is 16.3. The third kappa shape index (κ3) is 6.08. The Hall–Kier alpha value is -1.06. The van der Waals surface area contributed by atoms with E-state index in [1.165, 1.54) is 0 Å². The molecular formula is C16H27NO2. The standard InChI is InChI=1S/C16H27NO2/c1-5-15(12-6-8-13(18)9-7-12)17-11-14(19)10-16(2,3)4/h6-9,14-15,17-19H,5,10-11H2,1-4H3. The molecule has 3 N–H and O–H groups in total. The summed E-state index contributed by atoms with van der Waals surface area (Å²) in [6.45, 7) is 9.10. The molecule has 0 saturated carbocycles. The Morgan fingerprint density at radius 3 is 2.21 bits per heavy atom. The highest BCUT2D eigenvalue weighted by Gasteiger charge is 2.18. The van der Waals surface area contributed by atoms with Gasteiger partial charge in [-0.3, -0.25) is 0 Å². The van der Waals surface area contributed by atoms with E-state index in [1.54, 1.807) is 12.1 Å². The lowest BCUT2D eigenvalue weighted by molar-refractivity contribution is 0.116. The first kappa shape index (κ1) is 16.0. The molecule has 0 aliphatic rings. The van der Waals surface area contributed by atoms with Crippen LogP contribution in [0.1, 0.15) is 52.1 Å². The molecule has 0 bridgehead atoms. The van der Waals surface area contributed by atoms with Crippen LogP contribution in [0.25, 0.3) is 0 Å². The zero-order valence-electron chi connectivity index (χ0n) is 12.5. The van der Waals surface area contributed by atoms with Gasteiger partial charge in [-0.2, -0.15) is 0 Å². The summed E-state index contributed by atoms with van der Waals surface area (Å²) in [4.78, 5) is 0. The van der Waals surface area contributed by atoms with E-state index in [4.69, 9.17) is 0 Å². The van der Waals surface area contributed by atoms with Gasteiger partial charge >= 0.3 is 0 Å². The minimum absolute atomic E-state index is 0.140. The Morgan fingerprint density at radius 2 is 1.74 bits per heavy atom. The van der Waals surface area contributed by atoms with Crippen molar-refractivity contribution in [1.29, 1.82) is 0 Å². The molecule has 19 heavy (non-hydrogen) atoms. The average Bonchev–Trinajstić information content (AvgIpc) is 2.29.